The molecular weight excluding hydrogens is 649 g/mol. The van der Waals surface area contributed by atoms with Crippen LogP contribution in [0.5, 0.6) is 11.5 Å². The van der Waals surface area contributed by atoms with Crippen molar-refractivity contribution in [3.8, 4) is 33.8 Å². The average molecular weight is 685 g/mol. The van der Waals surface area contributed by atoms with Crippen LogP contribution in [0, 0.1) is 11.6 Å². The lowest BCUT2D eigenvalue weighted by Crippen LogP contribution is -2.60. The predicted molar refractivity (Wildman–Crippen MR) is 156 cm³/mol. The van der Waals surface area contributed by atoms with Gasteiger partial charge in [0.05, 0.1) is 13.2 Å². The fourth-order valence-electron chi connectivity index (χ4n) is 4.72. The minimum Gasteiger partial charge on any atom is -0.494 e. The van der Waals surface area contributed by atoms with Crippen molar-refractivity contribution in [1.29, 1.82) is 0 Å². The molecule has 260 valence electrons. The van der Waals surface area contributed by atoms with Gasteiger partial charge in [-0.25, -0.2) is 4.39 Å². The minimum atomic E-state index is -6.90. The molecule has 0 amide bonds. The number of halogens is 11. The Balaban J connectivity index is 1.50. The summed E-state index contributed by atoms with van der Waals surface area (Å²) in [5.41, 5.74) is 1.89. The van der Waals surface area contributed by atoms with Crippen molar-refractivity contribution in [3.63, 3.8) is 0 Å². The van der Waals surface area contributed by atoms with Gasteiger partial charge in [0.2, 0.25) is 5.82 Å². The third-order valence-electron chi connectivity index (χ3n) is 7.55. The normalized spacial score (nSPS) is 12.8. The summed E-state index contributed by atoms with van der Waals surface area (Å²) in [5.74, 6) is -21.1. The molecule has 47 heavy (non-hydrogen) atoms. The van der Waals surface area contributed by atoms with Crippen LogP contribution in [0.3, 0.4) is 0 Å². The summed E-state index contributed by atoms with van der Waals surface area (Å²) in [7, 11) is 0. The first-order valence-electron chi connectivity index (χ1n) is 15.2. The van der Waals surface area contributed by atoms with Crippen LogP contribution in [-0.2, 0) is 0 Å². The van der Waals surface area contributed by atoms with Crippen molar-refractivity contribution >= 4 is 0 Å². The third kappa shape index (κ3) is 9.31. The molecule has 3 aromatic carbocycles. The molecule has 0 atom stereocenters. The van der Waals surface area contributed by atoms with E-state index in [-0.39, 0.29) is 30.1 Å². The van der Waals surface area contributed by atoms with Crippen LogP contribution < -0.4 is 9.47 Å². The molecule has 0 saturated heterocycles. The first kappa shape index (κ1) is 37.9. The quantitative estimate of drug-likeness (QED) is 0.0981. The molecule has 0 aromatic heterocycles. The van der Waals surface area contributed by atoms with E-state index in [0.717, 1.165) is 32.1 Å². The molecule has 3 aromatic rings. The molecule has 0 bridgehead atoms. The van der Waals surface area contributed by atoms with E-state index in [0.29, 0.717) is 23.3 Å². The number of rotatable bonds is 18. The van der Waals surface area contributed by atoms with Gasteiger partial charge in [-0.05, 0) is 60.2 Å². The second-order valence-corrected chi connectivity index (χ2v) is 11.1. The van der Waals surface area contributed by atoms with Crippen LogP contribution in [-0.4, -0.2) is 37.2 Å². The van der Waals surface area contributed by atoms with Crippen LogP contribution in [0.4, 0.5) is 48.3 Å². The first-order valence-corrected chi connectivity index (χ1v) is 15.2. The van der Waals surface area contributed by atoms with Gasteiger partial charge in [0.25, 0.3) is 0 Å². The molecular formula is C34H35F11O2. The van der Waals surface area contributed by atoms with Gasteiger partial charge in [-0.1, -0.05) is 75.4 Å². The summed E-state index contributed by atoms with van der Waals surface area (Å²) in [4.78, 5) is 0. The van der Waals surface area contributed by atoms with E-state index in [1.807, 2.05) is 0 Å². The highest BCUT2D eigenvalue weighted by Gasteiger charge is 2.81. The highest BCUT2D eigenvalue weighted by molar-refractivity contribution is 5.71. The zero-order valence-corrected chi connectivity index (χ0v) is 25.5. The van der Waals surface area contributed by atoms with Gasteiger partial charge < -0.3 is 9.47 Å². The molecule has 3 rings (SSSR count). The van der Waals surface area contributed by atoms with Gasteiger partial charge in [-0.2, -0.15) is 43.9 Å². The van der Waals surface area contributed by atoms with E-state index in [1.54, 1.807) is 36.4 Å². The average Bonchev–Trinajstić information content (AvgIpc) is 3.02. The zero-order valence-electron chi connectivity index (χ0n) is 25.5. The Labute approximate surface area is 265 Å². The molecule has 0 fully saturated rings. The molecule has 0 N–H and O–H groups in total. The number of unbranched alkanes of at least 4 members (excludes halogenated alkanes) is 6. The molecule has 0 spiro atoms. The first-order chi connectivity index (χ1) is 22.0. The van der Waals surface area contributed by atoms with Crippen molar-refractivity contribution < 1.29 is 57.8 Å². The van der Waals surface area contributed by atoms with Crippen LogP contribution >= 0.6 is 0 Å². The largest absolute Gasteiger partial charge is 0.494 e. The maximum Gasteiger partial charge on any atom is 0.460 e. The summed E-state index contributed by atoms with van der Waals surface area (Å²) in [6.07, 6.45) is -3.68. The highest BCUT2D eigenvalue weighted by Crippen LogP contribution is 2.54. The van der Waals surface area contributed by atoms with Crippen LogP contribution in [0.1, 0.15) is 64.7 Å². The van der Waals surface area contributed by atoms with Gasteiger partial charge in [-0.3, -0.25) is 0 Å². The van der Waals surface area contributed by atoms with E-state index in [4.69, 9.17) is 9.47 Å². The fourth-order valence-corrected chi connectivity index (χ4v) is 4.72. The summed E-state index contributed by atoms with van der Waals surface area (Å²) in [6.45, 7) is 2.12. The number of benzene rings is 3. The van der Waals surface area contributed by atoms with Crippen LogP contribution in [0.25, 0.3) is 22.3 Å². The Morgan fingerprint density at radius 3 is 1.62 bits per heavy atom. The second kappa shape index (κ2) is 16.1. The van der Waals surface area contributed by atoms with Gasteiger partial charge in [-0.15, -0.1) is 0 Å². The highest BCUT2D eigenvalue weighted by atomic mass is 19.4. The molecule has 0 unspecified atom stereocenters. The summed E-state index contributed by atoms with van der Waals surface area (Å²) < 4.78 is 157. The van der Waals surface area contributed by atoms with Crippen molar-refractivity contribution in [2.24, 2.45) is 0 Å². The molecule has 2 nitrogen and oxygen atoms in total. The summed E-state index contributed by atoms with van der Waals surface area (Å²) in [6, 6.07) is 15.7. The van der Waals surface area contributed by atoms with E-state index >= 15 is 0 Å². The number of ether oxygens (including phenoxy) is 2. The molecule has 0 radical (unpaired) electrons. The number of hydrogen-bond donors (Lipinski definition) is 0. The topological polar surface area (TPSA) is 18.5 Å². The zero-order chi connectivity index (χ0) is 34.9. The molecule has 0 heterocycles. The maximum absolute atomic E-state index is 14.9. The predicted octanol–water partition coefficient (Wildman–Crippen LogP) is 12.1. The van der Waals surface area contributed by atoms with E-state index in [9.17, 15) is 48.3 Å². The Morgan fingerprint density at radius 1 is 0.511 bits per heavy atom. The van der Waals surface area contributed by atoms with Crippen molar-refractivity contribution in [1.82, 2.24) is 0 Å². The Hall–Kier alpha value is -3.51. The van der Waals surface area contributed by atoms with Gasteiger partial charge in [0, 0.05) is 12.0 Å². The van der Waals surface area contributed by atoms with Gasteiger partial charge in [0.15, 0.2) is 11.6 Å². The lowest BCUT2D eigenvalue weighted by atomic mass is 9.99. The summed E-state index contributed by atoms with van der Waals surface area (Å²) in [5, 5.41) is 0. The van der Waals surface area contributed by atoms with E-state index < -0.39 is 48.4 Å². The summed E-state index contributed by atoms with van der Waals surface area (Å²) >= 11 is 0. The molecule has 0 saturated carbocycles. The van der Waals surface area contributed by atoms with Crippen molar-refractivity contribution in [2.75, 3.05) is 13.2 Å². The van der Waals surface area contributed by atoms with E-state index in [2.05, 4.69) is 6.92 Å². The minimum absolute atomic E-state index is 0.0558. The molecule has 0 aliphatic rings. The van der Waals surface area contributed by atoms with E-state index in [1.165, 1.54) is 30.7 Å². The third-order valence-corrected chi connectivity index (χ3v) is 7.55. The Bertz CT molecular complexity index is 1400. The smallest absolute Gasteiger partial charge is 0.460 e. The Morgan fingerprint density at radius 2 is 1.02 bits per heavy atom. The Kier molecular flexibility index (Phi) is 13.0. The second-order valence-electron chi connectivity index (χ2n) is 11.1. The van der Waals surface area contributed by atoms with Crippen molar-refractivity contribution in [3.05, 3.63) is 72.3 Å². The van der Waals surface area contributed by atoms with Crippen LogP contribution in [0.2, 0.25) is 0 Å². The molecule has 13 heteroatoms. The monoisotopic (exact) mass is 684 g/mol. The standard InChI is InChI=1S/C34H35F11O2/c1-2-3-4-5-6-8-22-47-28-19-18-27(29(35)30(28)36)25-12-10-23(11-13-25)24-14-16-26(17-15-24)46-21-9-7-20-31(37,38)32(39,40)33(41,42)34(43,44)45/h10-19H,2-9,20-22H2,1H3. The van der Waals surface area contributed by atoms with Gasteiger partial charge in [0.1, 0.15) is 5.75 Å². The van der Waals surface area contributed by atoms with Gasteiger partial charge >= 0.3 is 23.9 Å². The lowest BCUT2D eigenvalue weighted by molar-refractivity contribution is -0.396. The fraction of sp³-hybridized carbons (Fsp3) is 0.471. The number of hydrogen-bond acceptors (Lipinski definition) is 2. The lowest BCUT2D eigenvalue weighted by Gasteiger charge is -2.33. The SMILES string of the molecule is CCCCCCCCOc1ccc(-c2ccc(-c3ccc(OCCCCC(F)(F)C(F)(F)C(F)(F)C(F)(F)F)cc3)cc2)c(F)c1F. The molecule has 0 aliphatic heterocycles. The maximum atomic E-state index is 14.9. The van der Waals surface area contributed by atoms with Crippen molar-refractivity contribution in [2.45, 2.75) is 88.7 Å². The molecule has 0 aliphatic carbocycles. The van der Waals surface area contributed by atoms with Crippen LogP contribution in [0.15, 0.2) is 60.7 Å². The number of alkyl halides is 9.